The van der Waals surface area contributed by atoms with Gasteiger partial charge in [-0.15, -0.1) is 0 Å². The smallest absolute Gasteiger partial charge is 0.410 e. The normalized spacial score (nSPS) is 21.4. The zero-order valence-corrected chi connectivity index (χ0v) is 22.2. The molecule has 5 heteroatoms. The zero-order chi connectivity index (χ0) is 26.7. The predicted molar refractivity (Wildman–Crippen MR) is 152 cm³/mol. The van der Waals surface area contributed by atoms with Crippen LogP contribution in [0.15, 0.2) is 121 Å². The lowest BCUT2D eigenvalue weighted by Crippen LogP contribution is -2.58. The van der Waals surface area contributed by atoms with Gasteiger partial charge in [0.05, 0.1) is 12.6 Å². The van der Waals surface area contributed by atoms with Crippen LogP contribution in [0.5, 0.6) is 0 Å². The highest BCUT2D eigenvalue weighted by atomic mass is 16.6. The molecule has 0 unspecified atom stereocenters. The second kappa shape index (κ2) is 11.0. The first-order valence-electron chi connectivity index (χ1n) is 13.7. The van der Waals surface area contributed by atoms with Gasteiger partial charge in [-0.05, 0) is 29.2 Å². The Morgan fingerprint density at radius 1 is 0.744 bits per heavy atom. The fourth-order valence-corrected chi connectivity index (χ4v) is 6.02. The summed E-state index contributed by atoms with van der Waals surface area (Å²) in [6, 6.07) is 41.6. The number of piperazine rings is 1. The monoisotopic (exact) mass is 518 g/mol. The Labute approximate surface area is 230 Å². The van der Waals surface area contributed by atoms with Crippen LogP contribution in [0.3, 0.4) is 0 Å². The Bertz CT molecular complexity index is 1270. The van der Waals surface area contributed by atoms with E-state index in [-0.39, 0.29) is 30.9 Å². The van der Waals surface area contributed by atoms with Crippen LogP contribution in [0, 0.1) is 0 Å². The zero-order valence-electron chi connectivity index (χ0n) is 22.2. The number of benzene rings is 4. The predicted octanol–water partition coefficient (Wildman–Crippen LogP) is 6.09. The van der Waals surface area contributed by atoms with E-state index in [1.807, 2.05) is 65.6 Å². The van der Waals surface area contributed by atoms with Crippen molar-refractivity contribution in [1.82, 2.24) is 9.80 Å². The molecule has 0 bridgehead atoms. The summed E-state index contributed by atoms with van der Waals surface area (Å²) in [6.45, 7) is 4.69. The van der Waals surface area contributed by atoms with Gasteiger partial charge in [0, 0.05) is 25.7 Å². The molecule has 0 aromatic heterocycles. The van der Waals surface area contributed by atoms with Crippen molar-refractivity contribution in [2.75, 3.05) is 19.7 Å². The van der Waals surface area contributed by atoms with Crippen LogP contribution in [-0.2, 0) is 21.6 Å². The van der Waals surface area contributed by atoms with Crippen molar-refractivity contribution in [3.05, 3.63) is 144 Å². The summed E-state index contributed by atoms with van der Waals surface area (Å²) in [5.41, 5.74) is 3.52. The van der Waals surface area contributed by atoms with Crippen molar-refractivity contribution in [3.63, 3.8) is 0 Å². The second-order valence-corrected chi connectivity index (χ2v) is 10.5. The average Bonchev–Trinajstić information content (AvgIpc) is 3.29. The molecule has 0 spiro atoms. The maximum atomic E-state index is 13.0. The van der Waals surface area contributed by atoms with Gasteiger partial charge in [0.15, 0.2) is 0 Å². The molecule has 1 amide bonds. The molecule has 0 saturated carbocycles. The fourth-order valence-electron chi connectivity index (χ4n) is 6.02. The highest BCUT2D eigenvalue weighted by Gasteiger charge is 2.48. The van der Waals surface area contributed by atoms with Gasteiger partial charge < -0.3 is 9.47 Å². The van der Waals surface area contributed by atoms with E-state index >= 15 is 0 Å². The Hall–Kier alpha value is -3.93. The minimum absolute atomic E-state index is 0.0718. The van der Waals surface area contributed by atoms with E-state index in [0.29, 0.717) is 6.54 Å². The maximum Gasteiger partial charge on any atom is 0.410 e. The highest BCUT2D eigenvalue weighted by Crippen LogP contribution is 2.41. The number of carbonyl (C=O) groups is 1. The molecule has 4 aromatic rings. The molecule has 0 aliphatic carbocycles. The van der Waals surface area contributed by atoms with Crippen molar-refractivity contribution in [3.8, 4) is 0 Å². The van der Waals surface area contributed by atoms with Crippen molar-refractivity contribution < 1.29 is 14.3 Å². The van der Waals surface area contributed by atoms with Gasteiger partial charge in [0.1, 0.15) is 11.7 Å². The molecule has 198 valence electrons. The minimum atomic E-state index is -0.852. The van der Waals surface area contributed by atoms with E-state index in [4.69, 9.17) is 9.47 Å². The molecule has 2 saturated heterocycles. The molecular weight excluding hydrogens is 484 g/mol. The summed E-state index contributed by atoms with van der Waals surface area (Å²) in [7, 11) is 0. The van der Waals surface area contributed by atoms with Gasteiger partial charge in [-0.1, -0.05) is 121 Å². The third kappa shape index (κ3) is 4.96. The first-order valence-corrected chi connectivity index (χ1v) is 13.7. The van der Waals surface area contributed by atoms with Crippen LogP contribution in [0.25, 0.3) is 0 Å². The molecule has 0 N–H and O–H groups in total. The largest absolute Gasteiger partial charge is 0.441 e. The van der Waals surface area contributed by atoms with Crippen LogP contribution in [-0.4, -0.2) is 53.8 Å². The van der Waals surface area contributed by atoms with Crippen LogP contribution >= 0.6 is 0 Å². The first kappa shape index (κ1) is 25.4. The summed E-state index contributed by atoms with van der Waals surface area (Å²) in [5.74, 6) is 0. The Balaban J connectivity index is 1.32. The van der Waals surface area contributed by atoms with Crippen molar-refractivity contribution in [2.45, 2.75) is 37.3 Å². The SMILES string of the molecule is C[C@H]1CN2C(=O)O[C@@H](COC(c3ccccc3)(c3ccccc3)c3ccccc3)[C@@H]2CN1Cc1ccccc1. The molecule has 2 fully saturated rings. The molecule has 4 aromatic carbocycles. The summed E-state index contributed by atoms with van der Waals surface area (Å²) < 4.78 is 13.0. The molecule has 6 rings (SSSR count). The van der Waals surface area contributed by atoms with Crippen LogP contribution < -0.4 is 0 Å². The Morgan fingerprint density at radius 2 is 1.23 bits per heavy atom. The molecule has 0 radical (unpaired) electrons. The highest BCUT2D eigenvalue weighted by molar-refractivity contribution is 5.71. The average molecular weight is 519 g/mol. The van der Waals surface area contributed by atoms with Crippen LogP contribution in [0.1, 0.15) is 29.2 Å². The molecule has 39 heavy (non-hydrogen) atoms. The van der Waals surface area contributed by atoms with Gasteiger partial charge >= 0.3 is 6.09 Å². The van der Waals surface area contributed by atoms with E-state index in [0.717, 1.165) is 29.8 Å². The number of hydrogen-bond donors (Lipinski definition) is 0. The Morgan fingerprint density at radius 3 is 1.74 bits per heavy atom. The third-order valence-electron chi connectivity index (χ3n) is 8.06. The molecular formula is C34H34N2O3. The summed E-state index contributed by atoms with van der Waals surface area (Å²) in [4.78, 5) is 17.3. The number of cyclic esters (lactones) is 1. The lowest BCUT2D eigenvalue weighted by atomic mass is 9.80. The number of carbonyl (C=O) groups excluding carboxylic acids is 1. The van der Waals surface area contributed by atoms with Gasteiger partial charge in [-0.2, -0.15) is 0 Å². The molecule has 5 nitrogen and oxygen atoms in total. The summed E-state index contributed by atoms with van der Waals surface area (Å²) in [6.07, 6.45) is -0.622. The van der Waals surface area contributed by atoms with E-state index in [1.165, 1.54) is 5.56 Å². The van der Waals surface area contributed by atoms with E-state index in [2.05, 4.69) is 72.5 Å². The third-order valence-corrected chi connectivity index (χ3v) is 8.06. The minimum Gasteiger partial charge on any atom is -0.441 e. The van der Waals surface area contributed by atoms with E-state index in [9.17, 15) is 4.79 Å². The number of rotatable bonds is 8. The van der Waals surface area contributed by atoms with Crippen LogP contribution in [0.4, 0.5) is 4.79 Å². The quantitative estimate of drug-likeness (QED) is 0.265. The first-order chi connectivity index (χ1) is 19.1. The topological polar surface area (TPSA) is 42.0 Å². The lowest BCUT2D eigenvalue weighted by Gasteiger charge is -2.42. The number of amides is 1. The number of nitrogens with zero attached hydrogens (tertiary/aromatic N) is 2. The summed E-state index contributed by atoms with van der Waals surface area (Å²) in [5, 5.41) is 0. The number of hydrogen-bond acceptors (Lipinski definition) is 4. The van der Waals surface area contributed by atoms with Crippen molar-refractivity contribution in [2.24, 2.45) is 0 Å². The molecule has 2 aliphatic rings. The Kier molecular flexibility index (Phi) is 7.18. The van der Waals surface area contributed by atoms with E-state index in [1.54, 1.807) is 0 Å². The second-order valence-electron chi connectivity index (χ2n) is 10.5. The van der Waals surface area contributed by atoms with Gasteiger partial charge in [0.2, 0.25) is 0 Å². The fraction of sp³-hybridized carbons (Fsp3) is 0.265. The lowest BCUT2D eigenvalue weighted by molar-refractivity contribution is -0.0450. The van der Waals surface area contributed by atoms with Crippen molar-refractivity contribution >= 4 is 6.09 Å². The van der Waals surface area contributed by atoms with Crippen molar-refractivity contribution in [1.29, 1.82) is 0 Å². The van der Waals surface area contributed by atoms with Gasteiger partial charge in [0.25, 0.3) is 0 Å². The molecule has 2 heterocycles. The molecule has 2 aliphatic heterocycles. The molecule has 3 atom stereocenters. The standard InChI is InChI=1S/C34H34N2O3/c1-26-22-36-31(24-35(26)23-27-14-6-2-7-15-27)32(39-33(36)37)25-38-34(28-16-8-3-9-17-28,29-18-10-4-11-19-29)30-20-12-5-13-21-30/h2-21,26,31-32H,22-25H2,1H3/t26-,31-,32-/m0/s1. The number of fused-ring (bicyclic) bond motifs is 1. The van der Waals surface area contributed by atoms with Gasteiger partial charge in [-0.25, -0.2) is 4.79 Å². The number of ether oxygens (including phenoxy) is 2. The summed E-state index contributed by atoms with van der Waals surface area (Å²) >= 11 is 0. The van der Waals surface area contributed by atoms with E-state index < -0.39 is 5.60 Å². The maximum absolute atomic E-state index is 13.0. The van der Waals surface area contributed by atoms with Crippen LogP contribution in [0.2, 0.25) is 0 Å². The van der Waals surface area contributed by atoms with Gasteiger partial charge in [-0.3, -0.25) is 9.80 Å².